The van der Waals surface area contributed by atoms with Gasteiger partial charge in [0.1, 0.15) is 12.4 Å². The van der Waals surface area contributed by atoms with Crippen LogP contribution in [0.1, 0.15) is 27.9 Å². The van der Waals surface area contributed by atoms with Gasteiger partial charge >= 0.3 is 5.97 Å². The van der Waals surface area contributed by atoms with Crippen molar-refractivity contribution < 1.29 is 19.1 Å². The van der Waals surface area contributed by atoms with Crippen molar-refractivity contribution >= 4 is 27.8 Å². The number of methoxy groups -OCH3 is 1. The van der Waals surface area contributed by atoms with E-state index in [-0.39, 0.29) is 31.4 Å². The van der Waals surface area contributed by atoms with E-state index in [1.165, 1.54) is 0 Å². The molecular weight excluding hydrogens is 386 g/mol. The van der Waals surface area contributed by atoms with Gasteiger partial charge in [0.2, 0.25) is 0 Å². The van der Waals surface area contributed by atoms with Gasteiger partial charge in [-0.1, -0.05) is 27.6 Å². The average molecular weight is 406 g/mol. The van der Waals surface area contributed by atoms with Crippen LogP contribution in [0.25, 0.3) is 0 Å². The fourth-order valence-corrected chi connectivity index (χ4v) is 2.50. The summed E-state index contributed by atoms with van der Waals surface area (Å²) in [4.78, 5) is 23.8. The fraction of sp³-hybridized carbons (Fsp3) is 0.263. The number of aryl methyl sites for hydroxylation is 1. The third kappa shape index (κ3) is 5.90. The maximum atomic E-state index is 11.9. The highest BCUT2D eigenvalue weighted by molar-refractivity contribution is 9.10. The van der Waals surface area contributed by atoms with E-state index < -0.39 is 0 Å². The van der Waals surface area contributed by atoms with Crippen molar-refractivity contribution in [1.82, 2.24) is 5.32 Å². The Labute approximate surface area is 155 Å². The lowest BCUT2D eigenvalue weighted by Gasteiger charge is -2.10. The first-order valence-electron chi connectivity index (χ1n) is 7.82. The molecule has 25 heavy (non-hydrogen) atoms. The minimum absolute atomic E-state index is 0.108. The van der Waals surface area contributed by atoms with Gasteiger partial charge in [0.25, 0.3) is 5.91 Å². The zero-order valence-electron chi connectivity index (χ0n) is 14.2. The molecule has 0 unspecified atom stereocenters. The van der Waals surface area contributed by atoms with Crippen LogP contribution in [0.15, 0.2) is 46.9 Å². The van der Waals surface area contributed by atoms with Crippen LogP contribution < -0.4 is 10.1 Å². The Balaban J connectivity index is 1.76. The summed E-state index contributed by atoms with van der Waals surface area (Å²) >= 11 is 3.32. The molecule has 0 heterocycles. The topological polar surface area (TPSA) is 64.6 Å². The number of hydrogen-bond donors (Lipinski definition) is 1. The third-order valence-electron chi connectivity index (χ3n) is 3.55. The molecule has 0 saturated heterocycles. The normalized spacial score (nSPS) is 10.2. The molecule has 0 aliphatic rings. The van der Waals surface area contributed by atoms with E-state index >= 15 is 0 Å². The molecule has 0 aliphatic heterocycles. The Hall–Kier alpha value is -2.34. The first kappa shape index (κ1) is 19.0. The Morgan fingerprint density at radius 2 is 1.84 bits per heavy atom. The van der Waals surface area contributed by atoms with E-state index in [0.29, 0.717) is 11.3 Å². The molecule has 0 aromatic heterocycles. The molecule has 5 nitrogen and oxygen atoms in total. The van der Waals surface area contributed by atoms with Crippen molar-refractivity contribution in [3.63, 3.8) is 0 Å². The van der Waals surface area contributed by atoms with Gasteiger partial charge in [-0.25, -0.2) is 0 Å². The molecule has 2 rings (SSSR count). The lowest BCUT2D eigenvalue weighted by Crippen LogP contribution is -2.26. The molecule has 2 aromatic rings. The first-order chi connectivity index (χ1) is 12.0. The summed E-state index contributed by atoms with van der Waals surface area (Å²) in [6, 6.07) is 12.7. The van der Waals surface area contributed by atoms with Crippen molar-refractivity contribution in [2.75, 3.05) is 13.7 Å². The molecule has 0 bridgehead atoms. The van der Waals surface area contributed by atoms with Gasteiger partial charge in [-0.3, -0.25) is 9.59 Å². The number of nitrogens with one attached hydrogen (secondary N) is 1. The molecule has 0 radical (unpaired) electrons. The Morgan fingerprint density at radius 1 is 1.12 bits per heavy atom. The van der Waals surface area contributed by atoms with Crippen LogP contribution in [0.2, 0.25) is 0 Å². The number of carbonyl (C=O) groups excluding carboxylic acids is 2. The van der Waals surface area contributed by atoms with E-state index in [4.69, 9.17) is 9.47 Å². The largest absolute Gasteiger partial charge is 0.496 e. The molecule has 0 atom stereocenters. The minimum atomic E-state index is -0.375. The molecule has 1 N–H and O–H groups in total. The molecule has 0 aliphatic carbocycles. The van der Waals surface area contributed by atoms with Crippen LogP contribution in [0.5, 0.6) is 5.75 Å². The van der Waals surface area contributed by atoms with Gasteiger partial charge < -0.3 is 14.8 Å². The molecule has 1 amide bonds. The lowest BCUT2D eigenvalue weighted by molar-refractivity contribution is -0.144. The molecule has 0 saturated carbocycles. The van der Waals surface area contributed by atoms with Crippen LogP contribution in [0, 0.1) is 6.92 Å². The number of hydrogen-bond acceptors (Lipinski definition) is 4. The minimum Gasteiger partial charge on any atom is -0.496 e. The Kier molecular flexibility index (Phi) is 7.01. The molecule has 132 valence electrons. The summed E-state index contributed by atoms with van der Waals surface area (Å²) in [5, 5.41) is 2.70. The fourth-order valence-electron chi connectivity index (χ4n) is 2.23. The van der Waals surface area contributed by atoms with Gasteiger partial charge in [-0.15, -0.1) is 0 Å². The third-order valence-corrected chi connectivity index (χ3v) is 4.07. The summed E-state index contributed by atoms with van der Waals surface area (Å²) in [5.41, 5.74) is 2.42. The van der Waals surface area contributed by atoms with Crippen molar-refractivity contribution in [3.8, 4) is 5.75 Å². The maximum absolute atomic E-state index is 11.9. The summed E-state index contributed by atoms with van der Waals surface area (Å²) < 4.78 is 11.4. The summed E-state index contributed by atoms with van der Waals surface area (Å²) in [5.74, 6) is 0.0854. The molecule has 2 aromatic carbocycles. The van der Waals surface area contributed by atoms with Gasteiger partial charge in [0.15, 0.2) is 0 Å². The quantitative estimate of drug-likeness (QED) is 0.714. The number of benzene rings is 2. The molecule has 0 fully saturated rings. The predicted molar refractivity (Wildman–Crippen MR) is 98.6 cm³/mol. The zero-order valence-corrected chi connectivity index (χ0v) is 15.8. The highest BCUT2D eigenvalue weighted by Crippen LogP contribution is 2.20. The monoisotopic (exact) mass is 405 g/mol. The lowest BCUT2D eigenvalue weighted by atomic mass is 10.1. The van der Waals surface area contributed by atoms with Gasteiger partial charge in [-0.05, 0) is 43.3 Å². The maximum Gasteiger partial charge on any atom is 0.307 e. The summed E-state index contributed by atoms with van der Waals surface area (Å²) in [7, 11) is 1.58. The Morgan fingerprint density at radius 3 is 2.52 bits per heavy atom. The number of amides is 1. The average Bonchev–Trinajstić information content (AvgIpc) is 2.60. The van der Waals surface area contributed by atoms with E-state index in [2.05, 4.69) is 21.2 Å². The van der Waals surface area contributed by atoms with E-state index in [0.717, 1.165) is 15.6 Å². The number of rotatable bonds is 7. The van der Waals surface area contributed by atoms with Crippen LogP contribution in [0.4, 0.5) is 0 Å². The number of carbonyl (C=O) groups is 2. The van der Waals surface area contributed by atoms with Crippen molar-refractivity contribution in [3.05, 3.63) is 63.6 Å². The van der Waals surface area contributed by atoms with E-state index in [1.54, 1.807) is 31.4 Å². The van der Waals surface area contributed by atoms with Crippen LogP contribution in [-0.2, 0) is 16.1 Å². The SMILES string of the molecule is COc1ccc(C)cc1COC(=O)CCNC(=O)c1ccc(Br)cc1. The standard InChI is InChI=1S/C19H20BrNO4/c1-13-3-8-17(24-2)15(11-13)12-25-18(22)9-10-21-19(23)14-4-6-16(20)7-5-14/h3-8,11H,9-10,12H2,1-2H3,(H,21,23). The van der Waals surface area contributed by atoms with Gasteiger partial charge in [0, 0.05) is 22.1 Å². The highest BCUT2D eigenvalue weighted by atomic mass is 79.9. The summed E-state index contributed by atoms with van der Waals surface area (Å²) in [6.45, 7) is 2.32. The van der Waals surface area contributed by atoms with Crippen molar-refractivity contribution in [2.45, 2.75) is 20.0 Å². The highest BCUT2D eigenvalue weighted by Gasteiger charge is 2.09. The van der Waals surface area contributed by atoms with Crippen molar-refractivity contribution in [1.29, 1.82) is 0 Å². The second-order valence-electron chi connectivity index (χ2n) is 5.49. The van der Waals surface area contributed by atoms with Crippen molar-refractivity contribution in [2.24, 2.45) is 0 Å². The summed E-state index contributed by atoms with van der Waals surface area (Å²) in [6.07, 6.45) is 0.108. The molecule has 6 heteroatoms. The molecule has 0 spiro atoms. The predicted octanol–water partition coefficient (Wildman–Crippen LogP) is 3.63. The van der Waals surface area contributed by atoms with Crippen LogP contribution >= 0.6 is 15.9 Å². The smallest absolute Gasteiger partial charge is 0.307 e. The first-order valence-corrected chi connectivity index (χ1v) is 8.62. The van der Waals surface area contributed by atoms with E-state index in [9.17, 15) is 9.59 Å². The van der Waals surface area contributed by atoms with E-state index in [1.807, 2.05) is 25.1 Å². The second-order valence-corrected chi connectivity index (χ2v) is 6.40. The van der Waals surface area contributed by atoms with Gasteiger partial charge in [0.05, 0.1) is 13.5 Å². The molecular formula is C19H20BrNO4. The zero-order chi connectivity index (χ0) is 18.2. The van der Waals surface area contributed by atoms with Crippen LogP contribution in [0.3, 0.4) is 0 Å². The number of ether oxygens (including phenoxy) is 2. The van der Waals surface area contributed by atoms with Crippen LogP contribution in [-0.4, -0.2) is 25.5 Å². The number of esters is 1. The van der Waals surface area contributed by atoms with Gasteiger partial charge in [-0.2, -0.15) is 0 Å². The number of halogens is 1. The second kappa shape index (κ2) is 9.22. The Bertz CT molecular complexity index is 744.